The van der Waals surface area contributed by atoms with Crippen molar-refractivity contribution in [1.82, 2.24) is 5.32 Å². The SMILES string of the molecule is O=C(O)CCCOc1ccc(CNC(=O)Cc2ccc(Cl)s2)cc1. The van der Waals surface area contributed by atoms with Crippen LogP contribution in [0.5, 0.6) is 5.75 Å². The number of rotatable bonds is 9. The van der Waals surface area contributed by atoms with Crippen LogP contribution in [0.2, 0.25) is 4.34 Å². The van der Waals surface area contributed by atoms with E-state index in [0.717, 1.165) is 10.4 Å². The number of amides is 1. The normalized spacial score (nSPS) is 10.4. The Labute approximate surface area is 149 Å². The number of carboxylic acids is 1. The molecule has 0 aliphatic carbocycles. The first-order valence-corrected chi connectivity index (χ1v) is 8.67. The summed E-state index contributed by atoms with van der Waals surface area (Å²) in [5.74, 6) is -0.194. The van der Waals surface area contributed by atoms with Gasteiger partial charge in [-0.05, 0) is 36.2 Å². The molecular formula is C17H18ClNO4S. The molecule has 1 heterocycles. The van der Waals surface area contributed by atoms with Crippen molar-refractivity contribution in [2.45, 2.75) is 25.8 Å². The summed E-state index contributed by atoms with van der Waals surface area (Å²) < 4.78 is 6.13. The molecule has 1 amide bonds. The number of nitrogens with one attached hydrogen (secondary N) is 1. The summed E-state index contributed by atoms with van der Waals surface area (Å²) in [5, 5.41) is 11.4. The van der Waals surface area contributed by atoms with E-state index in [1.54, 1.807) is 18.2 Å². The fraction of sp³-hybridized carbons (Fsp3) is 0.294. The summed E-state index contributed by atoms with van der Waals surface area (Å²) in [6, 6.07) is 11.0. The van der Waals surface area contributed by atoms with Gasteiger partial charge in [-0.15, -0.1) is 11.3 Å². The van der Waals surface area contributed by atoms with Crippen molar-refractivity contribution in [3.8, 4) is 5.75 Å². The van der Waals surface area contributed by atoms with Crippen LogP contribution in [0.25, 0.3) is 0 Å². The summed E-state index contributed by atoms with van der Waals surface area (Å²) in [6.45, 7) is 0.809. The monoisotopic (exact) mass is 367 g/mol. The summed E-state index contributed by atoms with van der Waals surface area (Å²) in [6.07, 6.45) is 0.890. The topological polar surface area (TPSA) is 75.6 Å². The molecule has 5 nitrogen and oxygen atoms in total. The van der Waals surface area contributed by atoms with E-state index in [-0.39, 0.29) is 12.3 Å². The molecule has 2 N–H and O–H groups in total. The molecule has 0 saturated heterocycles. The fourth-order valence-corrected chi connectivity index (χ4v) is 3.07. The van der Waals surface area contributed by atoms with Crippen LogP contribution in [0.3, 0.4) is 0 Å². The van der Waals surface area contributed by atoms with Crippen molar-refractivity contribution in [2.75, 3.05) is 6.61 Å². The lowest BCUT2D eigenvalue weighted by Gasteiger charge is -2.07. The molecule has 0 unspecified atom stereocenters. The third kappa shape index (κ3) is 6.60. The molecule has 0 fully saturated rings. The average molecular weight is 368 g/mol. The molecule has 0 bridgehead atoms. The zero-order chi connectivity index (χ0) is 17.4. The number of hydrogen-bond donors (Lipinski definition) is 2. The number of aliphatic carboxylic acids is 1. The zero-order valence-corrected chi connectivity index (χ0v) is 14.5. The molecule has 2 rings (SSSR count). The van der Waals surface area contributed by atoms with Crippen LogP contribution >= 0.6 is 22.9 Å². The minimum atomic E-state index is -0.825. The van der Waals surface area contributed by atoms with Crippen LogP contribution in [0.1, 0.15) is 23.3 Å². The van der Waals surface area contributed by atoms with Crippen molar-refractivity contribution >= 4 is 34.8 Å². The van der Waals surface area contributed by atoms with Gasteiger partial charge < -0.3 is 15.2 Å². The molecule has 0 spiro atoms. The Morgan fingerprint density at radius 3 is 2.54 bits per heavy atom. The largest absolute Gasteiger partial charge is 0.494 e. The van der Waals surface area contributed by atoms with Gasteiger partial charge in [0.25, 0.3) is 0 Å². The van der Waals surface area contributed by atoms with Gasteiger partial charge in [0.15, 0.2) is 0 Å². The Morgan fingerprint density at radius 1 is 1.17 bits per heavy atom. The van der Waals surface area contributed by atoms with Crippen molar-refractivity contribution in [1.29, 1.82) is 0 Å². The molecule has 1 aromatic carbocycles. The summed E-state index contributed by atoms with van der Waals surface area (Å²) in [5.41, 5.74) is 0.963. The van der Waals surface area contributed by atoms with Crippen LogP contribution in [-0.2, 0) is 22.6 Å². The lowest BCUT2D eigenvalue weighted by Crippen LogP contribution is -2.24. The maximum absolute atomic E-state index is 11.9. The number of halogens is 1. The van der Waals surface area contributed by atoms with E-state index in [4.69, 9.17) is 21.4 Å². The van der Waals surface area contributed by atoms with Gasteiger partial charge in [-0.1, -0.05) is 23.7 Å². The number of hydrogen-bond acceptors (Lipinski definition) is 4. The molecule has 0 aliphatic rings. The van der Waals surface area contributed by atoms with Gasteiger partial charge in [-0.3, -0.25) is 9.59 Å². The van der Waals surface area contributed by atoms with Crippen LogP contribution in [0.15, 0.2) is 36.4 Å². The van der Waals surface area contributed by atoms with Gasteiger partial charge in [-0.2, -0.15) is 0 Å². The third-order valence-corrected chi connectivity index (χ3v) is 4.41. The molecule has 128 valence electrons. The number of benzene rings is 1. The minimum Gasteiger partial charge on any atom is -0.494 e. The van der Waals surface area contributed by atoms with E-state index in [9.17, 15) is 9.59 Å². The predicted molar refractivity (Wildman–Crippen MR) is 93.7 cm³/mol. The number of carbonyl (C=O) groups is 2. The molecule has 0 radical (unpaired) electrons. The van der Waals surface area contributed by atoms with Crippen LogP contribution in [-0.4, -0.2) is 23.6 Å². The predicted octanol–water partition coefficient (Wildman–Crippen LogP) is 3.50. The molecule has 2 aromatic rings. The summed E-state index contributed by atoms with van der Waals surface area (Å²) in [4.78, 5) is 23.2. The number of carbonyl (C=O) groups excluding carboxylic acids is 1. The first-order chi connectivity index (χ1) is 11.5. The van der Waals surface area contributed by atoms with Gasteiger partial charge in [0.05, 0.1) is 17.4 Å². The molecule has 0 saturated carbocycles. The first-order valence-electron chi connectivity index (χ1n) is 7.47. The molecule has 7 heteroatoms. The number of carboxylic acid groups (broad SMARTS) is 1. The fourth-order valence-electron chi connectivity index (χ4n) is 1.99. The van der Waals surface area contributed by atoms with Crippen LogP contribution < -0.4 is 10.1 Å². The average Bonchev–Trinajstić information content (AvgIpc) is 2.95. The minimum absolute atomic E-state index is 0.0532. The van der Waals surface area contributed by atoms with Crippen molar-refractivity contribution in [2.24, 2.45) is 0 Å². The van der Waals surface area contributed by atoms with E-state index >= 15 is 0 Å². The van der Waals surface area contributed by atoms with Gasteiger partial charge in [-0.25, -0.2) is 0 Å². The number of thiophene rings is 1. The highest BCUT2D eigenvalue weighted by Crippen LogP contribution is 2.21. The lowest BCUT2D eigenvalue weighted by molar-refractivity contribution is -0.137. The highest BCUT2D eigenvalue weighted by atomic mass is 35.5. The quantitative estimate of drug-likeness (QED) is 0.665. The van der Waals surface area contributed by atoms with Crippen molar-refractivity contribution in [3.63, 3.8) is 0 Å². The van der Waals surface area contributed by atoms with Crippen LogP contribution in [0.4, 0.5) is 0 Å². The maximum Gasteiger partial charge on any atom is 0.303 e. The zero-order valence-electron chi connectivity index (χ0n) is 13.0. The summed E-state index contributed by atoms with van der Waals surface area (Å²) in [7, 11) is 0. The Balaban J connectivity index is 1.71. The Hall–Kier alpha value is -2.05. The van der Waals surface area contributed by atoms with E-state index in [1.807, 2.05) is 18.2 Å². The second kappa shape index (κ2) is 9.30. The Morgan fingerprint density at radius 2 is 1.92 bits per heavy atom. The van der Waals surface area contributed by atoms with Crippen molar-refractivity contribution < 1.29 is 19.4 Å². The van der Waals surface area contributed by atoms with Gasteiger partial charge >= 0.3 is 5.97 Å². The van der Waals surface area contributed by atoms with E-state index in [1.165, 1.54) is 11.3 Å². The Kier molecular flexibility index (Phi) is 7.08. The molecule has 0 aliphatic heterocycles. The van der Waals surface area contributed by atoms with Crippen molar-refractivity contribution in [3.05, 3.63) is 51.2 Å². The maximum atomic E-state index is 11.9. The van der Waals surface area contributed by atoms with Gasteiger partial charge in [0.1, 0.15) is 5.75 Å². The van der Waals surface area contributed by atoms with Gasteiger partial charge in [0, 0.05) is 17.8 Å². The molecule has 24 heavy (non-hydrogen) atoms. The van der Waals surface area contributed by atoms with E-state index in [2.05, 4.69) is 5.32 Å². The smallest absolute Gasteiger partial charge is 0.303 e. The first kappa shape index (κ1) is 18.3. The second-order valence-electron chi connectivity index (χ2n) is 5.15. The third-order valence-electron chi connectivity index (χ3n) is 3.18. The van der Waals surface area contributed by atoms with E-state index in [0.29, 0.717) is 36.1 Å². The standard InChI is InChI=1S/C17H18ClNO4S/c18-15-8-7-14(24-15)10-16(20)19-11-12-3-5-13(6-4-12)23-9-1-2-17(21)22/h3-8H,1-2,9-11H2,(H,19,20)(H,21,22). The molecule has 0 atom stereocenters. The highest BCUT2D eigenvalue weighted by molar-refractivity contribution is 7.16. The highest BCUT2D eigenvalue weighted by Gasteiger charge is 2.06. The number of ether oxygens (including phenoxy) is 1. The lowest BCUT2D eigenvalue weighted by atomic mass is 10.2. The molecule has 1 aromatic heterocycles. The molecular weight excluding hydrogens is 350 g/mol. The van der Waals surface area contributed by atoms with Crippen LogP contribution in [0, 0.1) is 0 Å². The van der Waals surface area contributed by atoms with Gasteiger partial charge in [0.2, 0.25) is 5.91 Å². The van der Waals surface area contributed by atoms with E-state index < -0.39 is 5.97 Å². The summed E-state index contributed by atoms with van der Waals surface area (Å²) >= 11 is 7.24. The Bertz CT molecular complexity index is 684. The second-order valence-corrected chi connectivity index (χ2v) is 6.95.